The molecule has 21 heavy (non-hydrogen) atoms. The van der Waals surface area contributed by atoms with E-state index in [1.54, 1.807) is 4.90 Å². The average molecular weight is 320 g/mol. The molecule has 5 nitrogen and oxygen atoms in total. The van der Waals surface area contributed by atoms with Crippen LogP contribution in [0.3, 0.4) is 0 Å². The number of nitrogens with two attached hydrogens (primary N) is 1. The zero-order chi connectivity index (χ0) is 15.2. The van der Waals surface area contributed by atoms with Crippen molar-refractivity contribution in [2.45, 2.75) is 58.9 Å². The summed E-state index contributed by atoms with van der Waals surface area (Å²) in [4.78, 5) is 26.2. The molecule has 1 aliphatic rings. The van der Waals surface area contributed by atoms with E-state index in [0.29, 0.717) is 26.1 Å². The fourth-order valence-corrected chi connectivity index (χ4v) is 2.49. The second-order valence-corrected chi connectivity index (χ2v) is 6.77. The number of amides is 2. The van der Waals surface area contributed by atoms with Crippen LogP contribution in [0.4, 0.5) is 0 Å². The van der Waals surface area contributed by atoms with Gasteiger partial charge in [-0.1, -0.05) is 20.8 Å². The molecule has 1 atom stereocenters. The molecule has 6 heteroatoms. The molecule has 1 saturated heterocycles. The molecule has 0 bridgehead atoms. The fourth-order valence-electron chi connectivity index (χ4n) is 2.49. The lowest BCUT2D eigenvalue weighted by Crippen LogP contribution is -2.46. The van der Waals surface area contributed by atoms with Gasteiger partial charge in [-0.15, -0.1) is 12.4 Å². The van der Waals surface area contributed by atoms with E-state index in [0.717, 1.165) is 25.7 Å². The van der Waals surface area contributed by atoms with Crippen molar-refractivity contribution >= 4 is 24.2 Å². The molecule has 1 aliphatic heterocycles. The van der Waals surface area contributed by atoms with Gasteiger partial charge in [0.2, 0.25) is 11.8 Å². The predicted octanol–water partition coefficient (Wildman–Crippen LogP) is 1.69. The molecule has 0 saturated carbocycles. The van der Waals surface area contributed by atoms with Gasteiger partial charge in [0.1, 0.15) is 6.04 Å². The van der Waals surface area contributed by atoms with Gasteiger partial charge >= 0.3 is 0 Å². The maximum absolute atomic E-state index is 12.3. The highest BCUT2D eigenvalue weighted by Gasteiger charge is 2.34. The Balaban J connectivity index is 0.00000400. The third-order valence-electron chi connectivity index (χ3n) is 3.49. The minimum Gasteiger partial charge on any atom is -0.354 e. The average Bonchev–Trinajstić information content (AvgIpc) is 2.81. The molecular weight excluding hydrogens is 290 g/mol. The summed E-state index contributed by atoms with van der Waals surface area (Å²) in [6.07, 6.45) is 3.99. The number of halogens is 1. The molecule has 1 unspecified atom stereocenters. The fraction of sp³-hybridized carbons (Fsp3) is 0.867. The summed E-state index contributed by atoms with van der Waals surface area (Å²) in [5.74, 6) is 0.0823. The van der Waals surface area contributed by atoms with Gasteiger partial charge in [0.05, 0.1) is 0 Å². The molecule has 1 fully saturated rings. The van der Waals surface area contributed by atoms with Gasteiger partial charge in [-0.25, -0.2) is 0 Å². The van der Waals surface area contributed by atoms with Gasteiger partial charge in [0, 0.05) is 19.5 Å². The smallest absolute Gasteiger partial charge is 0.242 e. The number of rotatable bonds is 6. The van der Waals surface area contributed by atoms with E-state index in [1.165, 1.54) is 0 Å². The maximum atomic E-state index is 12.3. The summed E-state index contributed by atoms with van der Waals surface area (Å²) in [7, 11) is 0. The van der Waals surface area contributed by atoms with Crippen LogP contribution in [0.2, 0.25) is 0 Å². The molecule has 0 spiro atoms. The van der Waals surface area contributed by atoms with Gasteiger partial charge in [0.25, 0.3) is 0 Å². The summed E-state index contributed by atoms with van der Waals surface area (Å²) < 4.78 is 0. The molecule has 2 amide bonds. The highest BCUT2D eigenvalue weighted by Crippen LogP contribution is 2.24. The number of carbonyl (C=O) groups excluding carboxylic acids is 2. The van der Waals surface area contributed by atoms with Gasteiger partial charge in [0.15, 0.2) is 0 Å². The quantitative estimate of drug-likeness (QED) is 0.732. The Hall–Kier alpha value is -0.810. The molecule has 0 aromatic rings. The van der Waals surface area contributed by atoms with E-state index < -0.39 is 0 Å². The van der Waals surface area contributed by atoms with Crippen LogP contribution in [-0.4, -0.2) is 42.4 Å². The van der Waals surface area contributed by atoms with Crippen molar-refractivity contribution in [1.82, 2.24) is 10.2 Å². The Morgan fingerprint density at radius 2 is 1.95 bits per heavy atom. The molecule has 3 N–H and O–H groups in total. The van der Waals surface area contributed by atoms with Crippen molar-refractivity contribution in [3.63, 3.8) is 0 Å². The van der Waals surface area contributed by atoms with Crippen LogP contribution in [0, 0.1) is 5.41 Å². The van der Waals surface area contributed by atoms with Crippen molar-refractivity contribution in [2.24, 2.45) is 11.1 Å². The van der Waals surface area contributed by atoms with E-state index in [2.05, 4.69) is 5.32 Å². The Morgan fingerprint density at radius 1 is 1.29 bits per heavy atom. The van der Waals surface area contributed by atoms with Gasteiger partial charge in [-0.2, -0.15) is 0 Å². The van der Waals surface area contributed by atoms with E-state index >= 15 is 0 Å². The van der Waals surface area contributed by atoms with Crippen LogP contribution < -0.4 is 11.1 Å². The van der Waals surface area contributed by atoms with Crippen molar-refractivity contribution in [3.05, 3.63) is 0 Å². The van der Waals surface area contributed by atoms with Gasteiger partial charge < -0.3 is 16.0 Å². The Labute approximate surface area is 134 Å². The molecule has 0 aliphatic carbocycles. The lowest BCUT2D eigenvalue weighted by molar-refractivity contribution is -0.139. The largest absolute Gasteiger partial charge is 0.354 e. The van der Waals surface area contributed by atoms with E-state index in [1.807, 2.05) is 20.8 Å². The minimum absolute atomic E-state index is 0. The SMILES string of the molecule is CC(C)(C)CC(=O)N1CCCC1C(=O)NCCCCN.Cl. The van der Waals surface area contributed by atoms with E-state index in [4.69, 9.17) is 5.73 Å². The molecule has 1 heterocycles. The minimum atomic E-state index is -0.275. The monoisotopic (exact) mass is 319 g/mol. The van der Waals surface area contributed by atoms with E-state index in [9.17, 15) is 9.59 Å². The van der Waals surface area contributed by atoms with Crippen molar-refractivity contribution in [1.29, 1.82) is 0 Å². The second-order valence-electron chi connectivity index (χ2n) is 6.77. The van der Waals surface area contributed by atoms with Crippen molar-refractivity contribution in [3.8, 4) is 0 Å². The van der Waals surface area contributed by atoms with Crippen molar-refractivity contribution < 1.29 is 9.59 Å². The summed E-state index contributed by atoms with van der Waals surface area (Å²) in [5.41, 5.74) is 5.38. The summed E-state index contributed by atoms with van der Waals surface area (Å²) in [6, 6.07) is -0.275. The van der Waals surface area contributed by atoms with Gasteiger partial charge in [-0.05, 0) is 37.6 Å². The van der Waals surface area contributed by atoms with Crippen LogP contribution in [0.1, 0.15) is 52.9 Å². The molecule has 124 valence electrons. The Bertz CT molecular complexity index is 342. The number of nitrogens with one attached hydrogen (secondary N) is 1. The van der Waals surface area contributed by atoms with Crippen molar-refractivity contribution in [2.75, 3.05) is 19.6 Å². The second kappa shape index (κ2) is 9.26. The summed E-state index contributed by atoms with van der Waals surface area (Å²) in [5, 5.41) is 2.92. The third-order valence-corrected chi connectivity index (χ3v) is 3.49. The van der Waals surface area contributed by atoms with Crippen LogP contribution >= 0.6 is 12.4 Å². The maximum Gasteiger partial charge on any atom is 0.242 e. The van der Waals surface area contributed by atoms with Crippen LogP contribution in [0.25, 0.3) is 0 Å². The van der Waals surface area contributed by atoms with E-state index in [-0.39, 0.29) is 35.7 Å². The zero-order valence-corrected chi connectivity index (χ0v) is 14.3. The summed E-state index contributed by atoms with van der Waals surface area (Å²) >= 11 is 0. The lowest BCUT2D eigenvalue weighted by atomic mass is 9.91. The van der Waals surface area contributed by atoms with Crippen LogP contribution in [0.15, 0.2) is 0 Å². The number of hydrogen-bond acceptors (Lipinski definition) is 3. The number of nitrogens with zero attached hydrogens (tertiary/aromatic N) is 1. The molecule has 0 aromatic heterocycles. The Kier molecular flexibility index (Phi) is 8.90. The number of unbranched alkanes of at least 4 members (excludes halogenated alkanes) is 1. The number of carbonyl (C=O) groups is 2. The Morgan fingerprint density at radius 3 is 2.52 bits per heavy atom. The lowest BCUT2D eigenvalue weighted by Gasteiger charge is -2.27. The first-order valence-electron chi connectivity index (χ1n) is 7.62. The predicted molar refractivity (Wildman–Crippen MR) is 87.4 cm³/mol. The summed E-state index contributed by atoms with van der Waals surface area (Å²) in [6.45, 7) is 8.13. The topological polar surface area (TPSA) is 75.4 Å². The highest BCUT2D eigenvalue weighted by atomic mass is 35.5. The molecule has 0 aromatic carbocycles. The standard InChI is InChI=1S/C15H29N3O2.ClH/c1-15(2,3)11-13(19)18-10-6-7-12(18)14(20)17-9-5-4-8-16;/h12H,4-11,16H2,1-3H3,(H,17,20);1H. The normalized spacial score (nSPS) is 18.3. The highest BCUT2D eigenvalue weighted by molar-refractivity contribution is 5.88. The molecule has 1 rings (SSSR count). The van der Waals surface area contributed by atoms with Gasteiger partial charge in [-0.3, -0.25) is 9.59 Å². The number of likely N-dealkylation sites (tertiary alicyclic amines) is 1. The first-order valence-corrected chi connectivity index (χ1v) is 7.62. The van der Waals surface area contributed by atoms with Crippen LogP contribution in [-0.2, 0) is 9.59 Å². The molecule has 0 radical (unpaired) electrons. The first kappa shape index (κ1) is 20.2. The third kappa shape index (κ3) is 7.14. The number of hydrogen-bond donors (Lipinski definition) is 2. The molecular formula is C15H30ClN3O2. The first-order chi connectivity index (χ1) is 9.35. The zero-order valence-electron chi connectivity index (χ0n) is 13.5. The van der Waals surface area contributed by atoms with Crippen LogP contribution in [0.5, 0.6) is 0 Å².